The molecule has 0 aliphatic rings. The van der Waals surface area contributed by atoms with Crippen LogP contribution in [0, 0.1) is 0 Å². The molecule has 0 saturated carbocycles. The van der Waals surface area contributed by atoms with Gasteiger partial charge in [0.25, 0.3) is 0 Å². The van der Waals surface area contributed by atoms with Crippen LogP contribution in [-0.2, 0) is 29.0 Å². The van der Waals surface area contributed by atoms with Crippen molar-refractivity contribution >= 4 is 11.9 Å². The first-order valence-electron chi connectivity index (χ1n) is 12.5. The van der Waals surface area contributed by atoms with E-state index in [2.05, 4.69) is 30.8 Å². The van der Waals surface area contributed by atoms with Gasteiger partial charge in [-0.2, -0.15) is 9.59 Å². The van der Waals surface area contributed by atoms with Gasteiger partial charge in [-0.15, -0.1) is 20.4 Å². The predicted molar refractivity (Wildman–Crippen MR) is 140 cm³/mol. The van der Waals surface area contributed by atoms with Crippen LogP contribution in [-0.4, -0.2) is 63.6 Å². The monoisotopic (exact) mass is 532 g/mol. The zero-order chi connectivity index (χ0) is 28.2. The first kappa shape index (κ1) is 27.6. The zero-order valence-electron chi connectivity index (χ0n) is 23.0. The molecule has 4 rings (SSSR count). The molecule has 204 valence electrons. The molecule has 2 heterocycles. The molecule has 12 heteroatoms. The Morgan fingerprint density at radius 1 is 0.692 bits per heavy atom. The van der Waals surface area contributed by atoms with Crippen LogP contribution in [0.25, 0.3) is 0 Å². The Balaban J connectivity index is 1.36. The molecule has 0 N–H and O–H groups in total. The number of aromatic nitrogens is 8. The van der Waals surface area contributed by atoms with Gasteiger partial charge in [0, 0.05) is 0 Å². The van der Waals surface area contributed by atoms with Gasteiger partial charge in [0.1, 0.15) is 11.2 Å². The van der Waals surface area contributed by atoms with Gasteiger partial charge in [-0.05, 0) is 87.4 Å². The van der Waals surface area contributed by atoms with E-state index in [1.165, 1.54) is 9.59 Å². The SMILES string of the molecule is CC(C)(C)OC(=O)c1cccc(Cn2nnc(Cc3nnn(Cc4cccc(C(=O)OC(C)(C)C)c4)n3)n2)c1. The number of esters is 2. The number of ether oxygens (including phenoxy) is 2. The smallest absolute Gasteiger partial charge is 0.338 e. The fraction of sp³-hybridized carbons (Fsp3) is 0.407. The third kappa shape index (κ3) is 8.25. The maximum absolute atomic E-state index is 12.4. The molecule has 0 bridgehead atoms. The minimum absolute atomic E-state index is 0.246. The summed E-state index contributed by atoms with van der Waals surface area (Å²) in [5, 5.41) is 25.2. The van der Waals surface area contributed by atoms with Gasteiger partial charge in [0.15, 0.2) is 11.6 Å². The van der Waals surface area contributed by atoms with Gasteiger partial charge in [-0.1, -0.05) is 24.3 Å². The van der Waals surface area contributed by atoms with Crippen molar-refractivity contribution in [3.63, 3.8) is 0 Å². The second-order valence-corrected chi connectivity index (χ2v) is 11.1. The molecule has 0 spiro atoms. The van der Waals surface area contributed by atoms with Crippen molar-refractivity contribution in [1.29, 1.82) is 0 Å². The lowest BCUT2D eigenvalue weighted by Crippen LogP contribution is -2.24. The fourth-order valence-electron chi connectivity index (χ4n) is 3.56. The van der Waals surface area contributed by atoms with Crippen LogP contribution in [0.15, 0.2) is 48.5 Å². The molecule has 0 unspecified atom stereocenters. The molecule has 0 aliphatic heterocycles. The van der Waals surface area contributed by atoms with E-state index in [0.29, 0.717) is 35.9 Å². The highest BCUT2D eigenvalue weighted by molar-refractivity contribution is 5.90. The quantitative estimate of drug-likeness (QED) is 0.311. The standard InChI is InChI=1S/C27H32N8O4/c1-26(2,3)38-24(36)20-11-7-9-18(13-20)16-34-30-22(28-32-34)15-23-29-33-35(31-23)17-19-10-8-12-21(14-19)25(37)39-27(4,5)6/h7-14H,15-17H2,1-6H3. The molecule has 0 radical (unpaired) electrons. The van der Waals surface area contributed by atoms with E-state index >= 15 is 0 Å². The molecule has 39 heavy (non-hydrogen) atoms. The Labute approximate surface area is 226 Å². The lowest BCUT2D eigenvalue weighted by Gasteiger charge is -2.19. The summed E-state index contributed by atoms with van der Waals surface area (Å²) in [7, 11) is 0. The molecule has 0 saturated heterocycles. The molecule has 2 aromatic carbocycles. The van der Waals surface area contributed by atoms with Gasteiger partial charge >= 0.3 is 11.9 Å². The normalized spacial score (nSPS) is 11.8. The summed E-state index contributed by atoms with van der Waals surface area (Å²) in [5.74, 6) is 0.0965. The molecule has 2 aromatic heterocycles. The summed E-state index contributed by atoms with van der Waals surface area (Å²) in [5.41, 5.74) is 1.44. The lowest BCUT2D eigenvalue weighted by molar-refractivity contribution is 0.00569. The first-order valence-corrected chi connectivity index (χ1v) is 12.5. The second kappa shape index (κ2) is 11.1. The number of carbonyl (C=O) groups excluding carboxylic acids is 2. The average molecular weight is 533 g/mol. The Hall–Kier alpha value is -4.48. The number of tetrazole rings is 2. The van der Waals surface area contributed by atoms with Crippen LogP contribution in [0.3, 0.4) is 0 Å². The van der Waals surface area contributed by atoms with Crippen molar-refractivity contribution in [2.24, 2.45) is 0 Å². The Kier molecular flexibility index (Phi) is 7.84. The molecule has 12 nitrogen and oxygen atoms in total. The second-order valence-electron chi connectivity index (χ2n) is 11.1. The highest BCUT2D eigenvalue weighted by Crippen LogP contribution is 2.15. The van der Waals surface area contributed by atoms with Gasteiger partial charge in [0.05, 0.1) is 30.6 Å². The first-order chi connectivity index (χ1) is 18.3. The number of carbonyl (C=O) groups is 2. The van der Waals surface area contributed by atoms with Gasteiger partial charge in [-0.25, -0.2) is 9.59 Å². The third-order valence-electron chi connectivity index (χ3n) is 5.08. The fourth-order valence-corrected chi connectivity index (χ4v) is 3.56. The van der Waals surface area contributed by atoms with Crippen molar-refractivity contribution in [2.75, 3.05) is 0 Å². The van der Waals surface area contributed by atoms with Crippen molar-refractivity contribution in [3.8, 4) is 0 Å². The van der Waals surface area contributed by atoms with Crippen molar-refractivity contribution < 1.29 is 19.1 Å². The zero-order valence-corrected chi connectivity index (χ0v) is 23.0. The van der Waals surface area contributed by atoms with E-state index in [0.717, 1.165) is 11.1 Å². The van der Waals surface area contributed by atoms with E-state index in [1.807, 2.05) is 53.7 Å². The summed E-state index contributed by atoms with van der Waals surface area (Å²) < 4.78 is 10.9. The van der Waals surface area contributed by atoms with E-state index in [-0.39, 0.29) is 18.4 Å². The van der Waals surface area contributed by atoms with Gasteiger partial charge in [-0.3, -0.25) is 0 Å². The maximum Gasteiger partial charge on any atom is 0.338 e. The minimum Gasteiger partial charge on any atom is -0.456 e. The Morgan fingerprint density at radius 3 is 1.49 bits per heavy atom. The maximum atomic E-state index is 12.4. The summed E-state index contributed by atoms with van der Waals surface area (Å²) >= 11 is 0. The van der Waals surface area contributed by atoms with Crippen LogP contribution in [0.1, 0.15) is 85.0 Å². The number of hydrogen-bond donors (Lipinski definition) is 0. The number of hydrogen-bond acceptors (Lipinski definition) is 10. The van der Waals surface area contributed by atoms with Crippen LogP contribution >= 0.6 is 0 Å². The van der Waals surface area contributed by atoms with E-state index in [1.54, 1.807) is 36.4 Å². The minimum atomic E-state index is -0.574. The average Bonchev–Trinajstić information content (AvgIpc) is 3.46. The van der Waals surface area contributed by atoms with Crippen LogP contribution in [0.2, 0.25) is 0 Å². The van der Waals surface area contributed by atoms with Crippen LogP contribution in [0.4, 0.5) is 0 Å². The van der Waals surface area contributed by atoms with Crippen molar-refractivity contribution in [2.45, 2.75) is 72.3 Å². The molecule has 0 amide bonds. The molecular formula is C27H32N8O4. The summed E-state index contributed by atoms with van der Waals surface area (Å²) in [6.07, 6.45) is 0.246. The lowest BCUT2D eigenvalue weighted by atomic mass is 10.1. The van der Waals surface area contributed by atoms with Gasteiger partial charge in [0.2, 0.25) is 0 Å². The van der Waals surface area contributed by atoms with Crippen LogP contribution < -0.4 is 0 Å². The molecule has 0 aliphatic carbocycles. The third-order valence-corrected chi connectivity index (χ3v) is 5.08. The highest BCUT2D eigenvalue weighted by Gasteiger charge is 2.19. The Bertz CT molecular complexity index is 1350. The Morgan fingerprint density at radius 2 is 1.10 bits per heavy atom. The largest absolute Gasteiger partial charge is 0.456 e. The number of nitrogens with zero attached hydrogens (tertiary/aromatic N) is 8. The number of benzene rings is 2. The van der Waals surface area contributed by atoms with E-state index in [4.69, 9.17) is 9.47 Å². The van der Waals surface area contributed by atoms with E-state index < -0.39 is 11.2 Å². The summed E-state index contributed by atoms with van der Waals surface area (Å²) in [4.78, 5) is 27.6. The van der Waals surface area contributed by atoms with Crippen LogP contribution in [0.5, 0.6) is 0 Å². The molecule has 0 atom stereocenters. The highest BCUT2D eigenvalue weighted by atomic mass is 16.6. The summed E-state index contributed by atoms with van der Waals surface area (Å²) in [6, 6.07) is 14.3. The number of rotatable bonds is 8. The molecule has 4 aromatic rings. The topological polar surface area (TPSA) is 140 Å². The van der Waals surface area contributed by atoms with Crippen molar-refractivity contribution in [1.82, 2.24) is 40.4 Å². The van der Waals surface area contributed by atoms with Crippen molar-refractivity contribution in [3.05, 3.63) is 82.4 Å². The predicted octanol–water partition coefficient (Wildman–Crippen LogP) is 3.26. The van der Waals surface area contributed by atoms with E-state index in [9.17, 15) is 9.59 Å². The summed E-state index contributed by atoms with van der Waals surface area (Å²) in [6.45, 7) is 11.6. The van der Waals surface area contributed by atoms with Gasteiger partial charge < -0.3 is 9.47 Å². The molecule has 0 fully saturated rings. The molecular weight excluding hydrogens is 500 g/mol.